The van der Waals surface area contributed by atoms with Crippen molar-refractivity contribution < 1.29 is 13.9 Å². The molecule has 5 heteroatoms. The second-order valence-corrected chi connectivity index (χ2v) is 19.7. The summed E-state index contributed by atoms with van der Waals surface area (Å²) >= 11 is -2.56. The maximum atomic E-state index is 12.1. The van der Waals surface area contributed by atoms with Gasteiger partial charge >= 0.3 is 152 Å². The zero-order valence-electron chi connectivity index (χ0n) is 16.0. The van der Waals surface area contributed by atoms with E-state index in [4.69, 9.17) is 9.15 Å². The summed E-state index contributed by atoms with van der Waals surface area (Å²) in [4.78, 5) is 12.1. The van der Waals surface area contributed by atoms with Crippen LogP contribution >= 0.6 is 0 Å². The monoisotopic (exact) mass is 445 g/mol. The van der Waals surface area contributed by atoms with Gasteiger partial charge in [0.25, 0.3) is 0 Å². The molecule has 0 aliphatic rings. The third kappa shape index (κ3) is 6.43. The van der Waals surface area contributed by atoms with Gasteiger partial charge in [-0.05, 0) is 0 Å². The Kier molecular flexibility index (Phi) is 10.7. The van der Waals surface area contributed by atoms with Crippen molar-refractivity contribution in [2.75, 3.05) is 13.8 Å². The molecule has 4 nitrogen and oxygen atoms in total. The predicted molar refractivity (Wildman–Crippen MR) is 103 cm³/mol. The molecule has 0 aliphatic carbocycles. The maximum absolute atomic E-state index is 12.1. The van der Waals surface area contributed by atoms with Crippen molar-refractivity contribution in [3.63, 3.8) is 0 Å². The molecule has 1 N–H and O–H groups in total. The molecule has 0 unspecified atom stereocenters. The second kappa shape index (κ2) is 12.0. The molecule has 0 fully saturated rings. The third-order valence-electron chi connectivity index (χ3n) is 4.76. The first-order valence-electron chi connectivity index (χ1n) is 9.51. The number of ether oxygens (including phenoxy) is 1. The van der Waals surface area contributed by atoms with Crippen molar-refractivity contribution >= 4 is 28.1 Å². The van der Waals surface area contributed by atoms with Gasteiger partial charge in [-0.3, -0.25) is 0 Å². The van der Waals surface area contributed by atoms with Crippen LogP contribution in [0.3, 0.4) is 0 Å². The molecule has 0 saturated heterocycles. The first-order valence-corrected chi connectivity index (χ1v) is 17.0. The van der Waals surface area contributed by atoms with E-state index in [0.29, 0.717) is 5.76 Å². The van der Waals surface area contributed by atoms with Gasteiger partial charge < -0.3 is 0 Å². The number of methoxy groups -OCH3 is 1. The summed E-state index contributed by atoms with van der Waals surface area (Å²) in [7, 11) is 1.57. The second-order valence-electron chi connectivity index (χ2n) is 6.69. The summed E-state index contributed by atoms with van der Waals surface area (Å²) in [6.45, 7) is 7.01. The van der Waals surface area contributed by atoms with Crippen molar-refractivity contribution in [3.05, 3.63) is 17.9 Å². The normalized spacial score (nSPS) is 11.7. The summed E-state index contributed by atoms with van der Waals surface area (Å²) in [6.07, 6.45) is 7.57. The van der Waals surface area contributed by atoms with Crippen LogP contribution in [-0.2, 0) is 4.74 Å². The van der Waals surface area contributed by atoms with E-state index in [-0.39, 0.29) is 12.6 Å². The predicted octanol–water partition coefficient (Wildman–Crippen LogP) is 4.67. The summed E-state index contributed by atoms with van der Waals surface area (Å²) in [6, 6.07) is 3.97. The molecule has 0 bridgehead atoms. The van der Waals surface area contributed by atoms with Gasteiger partial charge in [0.15, 0.2) is 0 Å². The Morgan fingerprint density at radius 1 is 1.04 bits per heavy atom. The van der Waals surface area contributed by atoms with Crippen LogP contribution in [0.15, 0.2) is 16.5 Å². The van der Waals surface area contributed by atoms with Crippen LogP contribution in [-0.4, -0.2) is 38.1 Å². The Balaban J connectivity index is 3.02. The molecule has 1 heterocycles. The fraction of sp³-hybridized carbons (Fsp3) is 0.737. The van der Waals surface area contributed by atoms with Gasteiger partial charge in [-0.2, -0.15) is 0 Å². The first kappa shape index (κ1) is 21.6. The van der Waals surface area contributed by atoms with Gasteiger partial charge in [0.1, 0.15) is 0 Å². The molecule has 0 radical (unpaired) electrons. The Morgan fingerprint density at radius 2 is 1.58 bits per heavy atom. The molecule has 1 aromatic rings. The van der Waals surface area contributed by atoms with Gasteiger partial charge in [0, 0.05) is 0 Å². The molecular weight excluding hydrogens is 409 g/mol. The first-order chi connectivity index (χ1) is 11.6. The minimum atomic E-state index is -2.56. The summed E-state index contributed by atoms with van der Waals surface area (Å²) in [5, 5.41) is 2.71. The van der Waals surface area contributed by atoms with E-state index in [9.17, 15) is 4.79 Å². The Labute approximate surface area is 151 Å². The molecule has 1 aromatic heterocycles. The molecule has 1 amide bonds. The molecule has 24 heavy (non-hydrogen) atoms. The average Bonchev–Trinajstić information content (AvgIpc) is 3.10. The molecule has 0 aromatic carbocycles. The van der Waals surface area contributed by atoms with E-state index in [2.05, 4.69) is 32.2 Å². The number of rotatable bonds is 13. The zero-order chi connectivity index (χ0) is 17.8. The summed E-state index contributed by atoms with van der Waals surface area (Å²) < 4.78 is 16.3. The number of carbonyl (C=O) groups is 1. The number of unbranched alkanes of at least 4 members (excludes halogenated alkanes) is 3. The third-order valence-corrected chi connectivity index (χ3v) is 19.7. The number of amides is 1. The van der Waals surface area contributed by atoms with Crippen LogP contribution in [0.4, 0.5) is 0 Å². The zero-order valence-corrected chi connectivity index (χ0v) is 18.8. The van der Waals surface area contributed by atoms with Crippen LogP contribution in [0.2, 0.25) is 13.3 Å². The van der Waals surface area contributed by atoms with E-state index >= 15 is 0 Å². The molecule has 0 saturated carbocycles. The Bertz CT molecular complexity index is 451. The number of hydrogen-bond acceptors (Lipinski definition) is 3. The molecule has 1 rings (SSSR count). The van der Waals surface area contributed by atoms with E-state index in [1.54, 1.807) is 7.11 Å². The Hall–Kier alpha value is -0.491. The average molecular weight is 444 g/mol. The number of furan rings is 1. The van der Waals surface area contributed by atoms with Gasteiger partial charge in [-0.1, -0.05) is 0 Å². The van der Waals surface area contributed by atoms with Crippen molar-refractivity contribution in [2.24, 2.45) is 0 Å². The van der Waals surface area contributed by atoms with Gasteiger partial charge in [0.2, 0.25) is 0 Å². The van der Waals surface area contributed by atoms with E-state index < -0.39 is 18.4 Å². The SMILES string of the molecule is CCC[CH2][Sn]([CH2]CCC)([CH2]CCC)[c]1ccc(C(=O)NCOC)o1. The fourth-order valence-corrected chi connectivity index (χ4v) is 18.5. The number of hydrogen-bond donors (Lipinski definition) is 1. The van der Waals surface area contributed by atoms with E-state index in [1.165, 1.54) is 55.6 Å². The van der Waals surface area contributed by atoms with Gasteiger partial charge in [0.05, 0.1) is 0 Å². The van der Waals surface area contributed by atoms with Crippen LogP contribution < -0.4 is 9.09 Å². The summed E-state index contributed by atoms with van der Waals surface area (Å²) in [5.41, 5.74) is 0. The molecule has 0 aliphatic heterocycles. The van der Waals surface area contributed by atoms with Gasteiger partial charge in [-0.15, -0.1) is 0 Å². The molecular formula is C19H35NO3Sn. The van der Waals surface area contributed by atoms with Crippen molar-refractivity contribution in [1.29, 1.82) is 0 Å². The number of carbonyl (C=O) groups excluding carboxylic acids is 1. The molecule has 138 valence electrons. The van der Waals surface area contributed by atoms with Crippen LogP contribution in [0.1, 0.15) is 69.9 Å². The molecule has 0 atom stereocenters. The molecule has 0 spiro atoms. The Morgan fingerprint density at radius 3 is 2.04 bits per heavy atom. The van der Waals surface area contributed by atoms with Crippen LogP contribution in [0.5, 0.6) is 0 Å². The quantitative estimate of drug-likeness (QED) is 0.356. The summed E-state index contributed by atoms with van der Waals surface area (Å²) in [5.74, 6) is 0.261. The minimum absolute atomic E-state index is 0.176. The van der Waals surface area contributed by atoms with Gasteiger partial charge in [-0.25, -0.2) is 0 Å². The standard InChI is InChI=1S/C7H8NO3.3C4H9.Sn/c1-10-5-8-7(9)6-3-2-4-11-6;3*1-3-4-2;/h2-3H,5H2,1H3,(H,8,9);3*1,3-4H2,2H3;. The van der Waals surface area contributed by atoms with Crippen LogP contribution in [0, 0.1) is 0 Å². The van der Waals surface area contributed by atoms with E-state index in [0.717, 1.165) is 0 Å². The van der Waals surface area contributed by atoms with Crippen LogP contribution in [0.25, 0.3) is 0 Å². The van der Waals surface area contributed by atoms with Crippen molar-refractivity contribution in [3.8, 4) is 0 Å². The van der Waals surface area contributed by atoms with E-state index in [1.807, 2.05) is 6.07 Å². The fourth-order valence-electron chi connectivity index (χ4n) is 3.26. The topological polar surface area (TPSA) is 51.5 Å². The van der Waals surface area contributed by atoms with Crippen molar-refractivity contribution in [2.45, 2.75) is 72.6 Å². The number of nitrogens with one attached hydrogen (secondary N) is 1. The van der Waals surface area contributed by atoms with Crippen molar-refractivity contribution in [1.82, 2.24) is 5.32 Å².